The average molecular weight is 531 g/mol. The van der Waals surface area contributed by atoms with Gasteiger partial charge in [0.05, 0.1) is 18.3 Å². The Bertz CT molecular complexity index is 810. The maximum atomic E-state index is 6.74. The van der Waals surface area contributed by atoms with Crippen molar-refractivity contribution in [1.29, 1.82) is 0 Å². The van der Waals surface area contributed by atoms with Gasteiger partial charge in [-0.3, -0.25) is 0 Å². The molecule has 212 valence electrons. The Morgan fingerprint density at radius 2 is 1.76 bits per heavy atom. The van der Waals surface area contributed by atoms with Gasteiger partial charge in [0.2, 0.25) is 0 Å². The molecule has 1 rings (SSSR count). The van der Waals surface area contributed by atoms with Crippen LogP contribution in [0.2, 0.25) is 18.1 Å². The summed E-state index contributed by atoms with van der Waals surface area (Å²) in [6.07, 6.45) is 22.2. The van der Waals surface area contributed by atoms with Gasteiger partial charge in [-0.1, -0.05) is 102 Å². The summed E-state index contributed by atoms with van der Waals surface area (Å²) in [4.78, 5) is 0. The normalized spacial score (nSPS) is 22.8. The lowest BCUT2D eigenvalue weighted by atomic mass is 9.98. The fraction of sp³-hybridized carbons (Fsp3) is 0.697. The Labute approximate surface area is 231 Å². The molecule has 4 heteroatoms. The SMILES string of the molecule is CCC(=C/[C@H](C)C/C=C/C(C)=C/[C@@H](C)[C@H](CC)O[Si](C)(C)C(C)(C)C)/C=C/[C@H]1CC=C[C@H](OC(C)C)O1. The Kier molecular flexibility index (Phi) is 14.7. The first-order chi connectivity index (χ1) is 17.2. The van der Waals surface area contributed by atoms with Crippen molar-refractivity contribution < 1.29 is 13.9 Å². The zero-order valence-corrected chi connectivity index (χ0v) is 27.1. The van der Waals surface area contributed by atoms with E-state index in [0.29, 0.717) is 11.8 Å². The second-order valence-corrected chi connectivity index (χ2v) is 17.3. The van der Waals surface area contributed by atoms with Crippen molar-refractivity contribution >= 4 is 8.32 Å². The van der Waals surface area contributed by atoms with Gasteiger partial charge in [0, 0.05) is 0 Å². The summed E-state index contributed by atoms with van der Waals surface area (Å²) in [5.41, 5.74) is 2.67. The van der Waals surface area contributed by atoms with Gasteiger partial charge >= 0.3 is 0 Å². The molecule has 0 bridgehead atoms. The van der Waals surface area contributed by atoms with E-state index in [-0.39, 0.29) is 29.6 Å². The van der Waals surface area contributed by atoms with E-state index in [2.05, 4.69) is 111 Å². The lowest BCUT2D eigenvalue weighted by Gasteiger charge is -2.40. The minimum absolute atomic E-state index is 0.0706. The monoisotopic (exact) mass is 530 g/mol. The lowest BCUT2D eigenvalue weighted by molar-refractivity contribution is -0.154. The van der Waals surface area contributed by atoms with Crippen LogP contribution in [0.15, 0.2) is 59.8 Å². The third-order valence-corrected chi connectivity index (χ3v) is 12.0. The fourth-order valence-corrected chi connectivity index (χ4v) is 5.68. The molecule has 0 spiro atoms. The van der Waals surface area contributed by atoms with Crippen molar-refractivity contribution in [2.75, 3.05) is 0 Å². The molecule has 0 radical (unpaired) electrons. The van der Waals surface area contributed by atoms with Crippen LogP contribution in [0, 0.1) is 11.8 Å². The molecule has 0 saturated heterocycles. The zero-order chi connectivity index (χ0) is 28.2. The van der Waals surface area contributed by atoms with Crippen LogP contribution in [0.4, 0.5) is 0 Å². The summed E-state index contributed by atoms with van der Waals surface area (Å²) in [7, 11) is -1.77. The Balaban J connectivity index is 2.68. The van der Waals surface area contributed by atoms with Crippen molar-refractivity contribution in [2.45, 2.75) is 138 Å². The van der Waals surface area contributed by atoms with E-state index in [9.17, 15) is 0 Å². The molecular formula is C33H58O3Si. The van der Waals surface area contributed by atoms with Gasteiger partial charge in [-0.15, -0.1) is 0 Å². The molecule has 0 fully saturated rings. The predicted molar refractivity (Wildman–Crippen MR) is 164 cm³/mol. The highest BCUT2D eigenvalue weighted by Crippen LogP contribution is 2.38. The maximum Gasteiger partial charge on any atom is 0.192 e. The molecule has 5 atom stereocenters. The van der Waals surface area contributed by atoms with E-state index in [0.717, 1.165) is 25.7 Å². The van der Waals surface area contributed by atoms with Crippen LogP contribution >= 0.6 is 0 Å². The predicted octanol–water partition coefficient (Wildman–Crippen LogP) is 9.94. The van der Waals surface area contributed by atoms with Crippen LogP contribution < -0.4 is 0 Å². The van der Waals surface area contributed by atoms with Gasteiger partial charge in [-0.25, -0.2) is 0 Å². The third-order valence-electron chi connectivity index (χ3n) is 7.46. The first-order valence-corrected chi connectivity index (χ1v) is 17.5. The molecule has 0 amide bonds. The lowest BCUT2D eigenvalue weighted by Crippen LogP contribution is -2.45. The molecule has 0 aromatic heterocycles. The van der Waals surface area contributed by atoms with Gasteiger partial charge in [0.1, 0.15) is 0 Å². The Morgan fingerprint density at radius 1 is 1.08 bits per heavy atom. The summed E-state index contributed by atoms with van der Waals surface area (Å²) in [5, 5.41) is 0.236. The van der Waals surface area contributed by atoms with Crippen LogP contribution in [0.1, 0.15) is 94.9 Å². The van der Waals surface area contributed by atoms with E-state index >= 15 is 0 Å². The largest absolute Gasteiger partial charge is 0.413 e. The number of ether oxygens (including phenoxy) is 2. The zero-order valence-electron chi connectivity index (χ0n) is 26.1. The highest BCUT2D eigenvalue weighted by Gasteiger charge is 2.39. The van der Waals surface area contributed by atoms with Crippen LogP contribution in [0.5, 0.6) is 0 Å². The highest BCUT2D eigenvalue weighted by atomic mass is 28.4. The Morgan fingerprint density at radius 3 is 2.32 bits per heavy atom. The second kappa shape index (κ2) is 16.0. The van der Waals surface area contributed by atoms with E-state index in [1.54, 1.807) is 0 Å². The molecule has 0 aromatic carbocycles. The highest BCUT2D eigenvalue weighted by molar-refractivity contribution is 6.74. The minimum Gasteiger partial charge on any atom is -0.413 e. The molecule has 3 nitrogen and oxygen atoms in total. The number of rotatable bonds is 14. The summed E-state index contributed by atoms with van der Waals surface area (Å²) < 4.78 is 18.6. The standard InChI is InChI=1S/C33H58O3Si/c1-13-29(21-22-30-19-16-20-32(35-30)34-25(3)4)24-27(6)18-15-17-26(5)23-28(7)31(14-2)36-37(11,12)33(8,9)10/h15-17,20-25,27-28,30-32H,13-14,18-19H2,1-12H3/b17-15+,22-21+,26-23+,29-24-/t27-,28-,30-,31+,32-/m1/s1. The molecular weight excluding hydrogens is 472 g/mol. The molecule has 1 aliphatic rings. The summed E-state index contributed by atoms with van der Waals surface area (Å²) >= 11 is 0. The molecule has 0 N–H and O–H groups in total. The van der Waals surface area contributed by atoms with Crippen LogP contribution in [-0.2, 0) is 13.9 Å². The van der Waals surface area contributed by atoms with Crippen LogP contribution in [0.3, 0.4) is 0 Å². The topological polar surface area (TPSA) is 27.7 Å². The minimum atomic E-state index is -1.77. The van der Waals surface area contributed by atoms with Crippen molar-refractivity contribution in [3.05, 3.63) is 59.8 Å². The first kappa shape index (κ1) is 33.8. The van der Waals surface area contributed by atoms with Gasteiger partial charge in [-0.05, 0) is 82.5 Å². The fourth-order valence-electron chi connectivity index (χ4n) is 4.19. The quantitative estimate of drug-likeness (QED) is 0.127. The van der Waals surface area contributed by atoms with E-state index < -0.39 is 8.32 Å². The maximum absolute atomic E-state index is 6.74. The van der Waals surface area contributed by atoms with E-state index in [1.165, 1.54) is 11.1 Å². The smallest absolute Gasteiger partial charge is 0.192 e. The number of allylic oxidation sites excluding steroid dienone is 6. The number of hydrogen-bond acceptors (Lipinski definition) is 3. The third kappa shape index (κ3) is 12.9. The average Bonchev–Trinajstić information content (AvgIpc) is 2.79. The van der Waals surface area contributed by atoms with Gasteiger partial charge in [-0.2, -0.15) is 0 Å². The first-order valence-electron chi connectivity index (χ1n) is 14.6. The van der Waals surface area contributed by atoms with Gasteiger partial charge in [0.25, 0.3) is 0 Å². The molecule has 1 heterocycles. The van der Waals surface area contributed by atoms with Crippen molar-refractivity contribution in [3.63, 3.8) is 0 Å². The molecule has 0 saturated carbocycles. The van der Waals surface area contributed by atoms with E-state index in [1.807, 2.05) is 19.9 Å². The molecule has 1 aliphatic heterocycles. The van der Waals surface area contributed by atoms with Crippen molar-refractivity contribution in [2.24, 2.45) is 11.8 Å². The van der Waals surface area contributed by atoms with Crippen molar-refractivity contribution in [3.8, 4) is 0 Å². The molecule has 37 heavy (non-hydrogen) atoms. The Hall–Kier alpha value is -1.20. The number of hydrogen-bond donors (Lipinski definition) is 0. The molecule has 0 aromatic rings. The van der Waals surface area contributed by atoms with Crippen LogP contribution in [-0.4, -0.2) is 32.9 Å². The van der Waals surface area contributed by atoms with Gasteiger partial charge < -0.3 is 13.9 Å². The van der Waals surface area contributed by atoms with Crippen molar-refractivity contribution in [1.82, 2.24) is 0 Å². The second-order valence-electron chi connectivity index (χ2n) is 12.6. The summed E-state index contributed by atoms with van der Waals surface area (Å²) in [5.74, 6) is 0.885. The summed E-state index contributed by atoms with van der Waals surface area (Å²) in [6, 6.07) is 0. The van der Waals surface area contributed by atoms with Crippen LogP contribution in [0.25, 0.3) is 0 Å². The molecule has 0 unspecified atom stereocenters. The van der Waals surface area contributed by atoms with E-state index in [4.69, 9.17) is 13.9 Å². The molecule has 0 aliphatic carbocycles. The summed E-state index contributed by atoms with van der Waals surface area (Å²) in [6.45, 7) is 27.0. The van der Waals surface area contributed by atoms with Gasteiger partial charge in [0.15, 0.2) is 14.6 Å².